The van der Waals surface area contributed by atoms with Crippen LogP contribution < -0.4 is 40.0 Å². The van der Waals surface area contributed by atoms with E-state index in [1.807, 2.05) is 48.9 Å². The monoisotopic (exact) mass is 349 g/mol. The molecule has 1 aromatic carbocycles. The Morgan fingerprint density at radius 1 is 1.36 bits per heavy atom. The van der Waals surface area contributed by atoms with Gasteiger partial charge in [0.1, 0.15) is 0 Å². The van der Waals surface area contributed by atoms with E-state index in [1.165, 1.54) is 0 Å². The van der Waals surface area contributed by atoms with Crippen LogP contribution in [0, 0.1) is 17.3 Å². The van der Waals surface area contributed by atoms with Crippen molar-refractivity contribution in [1.82, 2.24) is 14.9 Å². The molecule has 0 spiro atoms. The smallest absolute Gasteiger partial charge is 0.550 e. The maximum Gasteiger partial charge on any atom is 1.00 e. The number of nitrogens with one attached hydrogen (secondary N) is 1. The summed E-state index contributed by atoms with van der Waals surface area (Å²) in [6.07, 6.45) is 5.64. The number of hydrogen-bond acceptors (Lipinski definition) is 4. The van der Waals surface area contributed by atoms with Gasteiger partial charge in [-0.05, 0) is 30.0 Å². The predicted molar refractivity (Wildman–Crippen MR) is 85.8 cm³/mol. The Labute approximate surface area is 168 Å². The SMILES string of the molecule is CC(C)C1(C(=O)[O-])CC1C(=O)NCc1ccc(-n2ccnc2)cc1.[Na+]. The van der Waals surface area contributed by atoms with Gasteiger partial charge in [-0.15, -0.1) is 0 Å². The fourth-order valence-electron chi connectivity index (χ4n) is 3.21. The van der Waals surface area contributed by atoms with Crippen molar-refractivity contribution >= 4 is 11.9 Å². The molecule has 1 aliphatic rings. The average molecular weight is 349 g/mol. The second-order valence-corrected chi connectivity index (χ2v) is 6.59. The molecule has 7 heteroatoms. The van der Waals surface area contributed by atoms with Crippen molar-refractivity contribution < 1.29 is 44.3 Å². The van der Waals surface area contributed by atoms with Gasteiger partial charge in [0.25, 0.3) is 0 Å². The Hall–Kier alpha value is -1.63. The third-order valence-corrected chi connectivity index (χ3v) is 4.94. The number of carboxylic acid groups (broad SMARTS) is 1. The number of imidazole rings is 1. The normalized spacial score (nSPS) is 21.5. The Morgan fingerprint density at radius 2 is 2.04 bits per heavy atom. The third kappa shape index (κ3) is 3.81. The maximum atomic E-state index is 12.2. The van der Waals surface area contributed by atoms with Gasteiger partial charge >= 0.3 is 29.6 Å². The van der Waals surface area contributed by atoms with Crippen LogP contribution in [0.4, 0.5) is 0 Å². The number of carbonyl (C=O) groups is 2. The molecule has 2 atom stereocenters. The molecule has 1 amide bonds. The van der Waals surface area contributed by atoms with Crippen LogP contribution in [-0.2, 0) is 16.1 Å². The molecule has 0 radical (unpaired) electrons. The summed E-state index contributed by atoms with van der Waals surface area (Å²) < 4.78 is 1.89. The molecule has 0 bridgehead atoms. The first-order valence-electron chi connectivity index (χ1n) is 8.01. The van der Waals surface area contributed by atoms with Gasteiger partial charge in [0.15, 0.2) is 0 Å². The zero-order valence-electron chi connectivity index (χ0n) is 14.7. The van der Waals surface area contributed by atoms with Crippen LogP contribution in [0.1, 0.15) is 25.8 Å². The van der Waals surface area contributed by atoms with Crippen LogP contribution in [0.3, 0.4) is 0 Å². The molecule has 1 N–H and O–H groups in total. The molecule has 1 fully saturated rings. The number of benzene rings is 1. The van der Waals surface area contributed by atoms with Crippen molar-refractivity contribution in [3.63, 3.8) is 0 Å². The van der Waals surface area contributed by atoms with E-state index < -0.39 is 17.3 Å². The number of amides is 1. The average Bonchev–Trinajstić information content (AvgIpc) is 3.12. The van der Waals surface area contributed by atoms with Gasteiger partial charge in [-0.3, -0.25) is 4.79 Å². The molecule has 25 heavy (non-hydrogen) atoms. The first-order valence-corrected chi connectivity index (χ1v) is 8.01. The molecule has 2 aromatic rings. The largest absolute Gasteiger partial charge is 1.00 e. The van der Waals surface area contributed by atoms with E-state index in [4.69, 9.17) is 0 Å². The number of aliphatic carboxylic acids is 1. The van der Waals surface area contributed by atoms with E-state index in [1.54, 1.807) is 12.5 Å². The fraction of sp³-hybridized carbons (Fsp3) is 0.389. The standard InChI is InChI=1S/C18H21N3O3.Na/c1-12(2)18(17(23)24)9-15(18)16(22)20-10-13-3-5-14(6-4-13)21-8-7-19-11-21;/h3-8,11-12,15H,9-10H2,1-2H3,(H,20,22)(H,23,24);/q;+1/p-1. The molecule has 1 saturated carbocycles. The summed E-state index contributed by atoms with van der Waals surface area (Å²) in [6, 6.07) is 7.74. The van der Waals surface area contributed by atoms with Crippen molar-refractivity contribution in [3.8, 4) is 5.69 Å². The third-order valence-electron chi connectivity index (χ3n) is 4.94. The minimum absolute atomic E-state index is 0. The van der Waals surface area contributed by atoms with Crippen molar-refractivity contribution in [2.45, 2.75) is 26.8 Å². The molecule has 0 aliphatic heterocycles. The van der Waals surface area contributed by atoms with Gasteiger partial charge in [-0.25, -0.2) is 4.98 Å². The molecule has 1 aromatic heterocycles. The summed E-state index contributed by atoms with van der Waals surface area (Å²) >= 11 is 0. The summed E-state index contributed by atoms with van der Waals surface area (Å²) in [7, 11) is 0. The molecular weight excluding hydrogens is 329 g/mol. The minimum Gasteiger partial charge on any atom is -0.550 e. The first-order chi connectivity index (χ1) is 11.4. The molecule has 126 valence electrons. The van der Waals surface area contributed by atoms with Crippen LogP contribution in [0.2, 0.25) is 0 Å². The molecule has 1 aliphatic carbocycles. The number of hydrogen-bond donors (Lipinski definition) is 1. The van der Waals surface area contributed by atoms with Crippen LogP contribution in [0.25, 0.3) is 5.69 Å². The second-order valence-electron chi connectivity index (χ2n) is 6.59. The molecule has 2 unspecified atom stereocenters. The van der Waals surface area contributed by atoms with E-state index in [-0.39, 0.29) is 41.4 Å². The quantitative estimate of drug-likeness (QED) is 0.606. The second kappa shape index (κ2) is 7.72. The number of rotatable bonds is 6. The van der Waals surface area contributed by atoms with Gasteiger partial charge < -0.3 is 19.8 Å². The number of nitrogens with zero attached hydrogens (tertiary/aromatic N) is 2. The van der Waals surface area contributed by atoms with Gasteiger partial charge in [0.2, 0.25) is 5.91 Å². The summed E-state index contributed by atoms with van der Waals surface area (Å²) in [6.45, 7) is 4.01. The molecule has 1 heterocycles. The fourth-order valence-corrected chi connectivity index (χ4v) is 3.21. The molecule has 0 saturated heterocycles. The minimum atomic E-state index is -1.12. The van der Waals surface area contributed by atoms with Gasteiger partial charge in [0, 0.05) is 41.9 Å². The zero-order valence-corrected chi connectivity index (χ0v) is 16.7. The van der Waals surface area contributed by atoms with E-state index >= 15 is 0 Å². The van der Waals surface area contributed by atoms with E-state index in [2.05, 4.69) is 10.3 Å². The van der Waals surface area contributed by atoms with Gasteiger partial charge in [0.05, 0.1) is 6.33 Å². The van der Waals surface area contributed by atoms with Gasteiger partial charge in [-0.2, -0.15) is 0 Å². The maximum absolute atomic E-state index is 12.2. The van der Waals surface area contributed by atoms with Crippen molar-refractivity contribution in [2.75, 3.05) is 0 Å². The summed E-state index contributed by atoms with van der Waals surface area (Å²) in [5.41, 5.74) is 0.937. The molecule has 3 rings (SSSR count). The Bertz CT molecular complexity index is 743. The zero-order chi connectivity index (χ0) is 17.3. The Morgan fingerprint density at radius 3 is 2.52 bits per heavy atom. The topological polar surface area (TPSA) is 87.0 Å². The van der Waals surface area contributed by atoms with Crippen molar-refractivity contribution in [1.29, 1.82) is 0 Å². The van der Waals surface area contributed by atoms with Crippen LogP contribution >= 0.6 is 0 Å². The van der Waals surface area contributed by atoms with E-state index in [9.17, 15) is 14.7 Å². The summed E-state index contributed by atoms with van der Waals surface area (Å²) in [5, 5.41) is 14.2. The predicted octanol–water partition coefficient (Wildman–Crippen LogP) is -2.10. The van der Waals surface area contributed by atoms with E-state index in [0.29, 0.717) is 13.0 Å². The summed E-state index contributed by atoms with van der Waals surface area (Å²) in [5.74, 6) is -1.95. The molecular formula is C18H20N3NaO3. The number of carbonyl (C=O) groups excluding carboxylic acids is 2. The van der Waals surface area contributed by atoms with Crippen LogP contribution in [-0.4, -0.2) is 21.4 Å². The number of carboxylic acids is 1. The number of aromatic nitrogens is 2. The van der Waals surface area contributed by atoms with Crippen molar-refractivity contribution in [3.05, 3.63) is 48.5 Å². The van der Waals surface area contributed by atoms with Crippen LogP contribution in [0.5, 0.6) is 0 Å². The van der Waals surface area contributed by atoms with Crippen molar-refractivity contribution in [2.24, 2.45) is 17.3 Å². The van der Waals surface area contributed by atoms with E-state index in [0.717, 1.165) is 11.3 Å². The van der Waals surface area contributed by atoms with Crippen LogP contribution in [0.15, 0.2) is 43.0 Å². The first kappa shape index (κ1) is 19.7. The summed E-state index contributed by atoms with van der Waals surface area (Å²) in [4.78, 5) is 27.6. The molecule has 6 nitrogen and oxygen atoms in total. The Balaban J connectivity index is 0.00000225. The Kier molecular flexibility index (Phi) is 6.08. The van der Waals surface area contributed by atoms with Gasteiger partial charge in [-0.1, -0.05) is 26.0 Å².